The summed E-state index contributed by atoms with van der Waals surface area (Å²) in [6.07, 6.45) is 1.77. The van der Waals surface area contributed by atoms with Gasteiger partial charge in [-0.05, 0) is 41.9 Å². The molecule has 0 spiro atoms. The number of benzene rings is 1. The summed E-state index contributed by atoms with van der Waals surface area (Å²) in [6, 6.07) is 5.22. The largest absolute Gasteiger partial charge is 0.465 e. The third-order valence-electron chi connectivity index (χ3n) is 6.24. The summed E-state index contributed by atoms with van der Waals surface area (Å²) in [4.78, 5) is 11.4. The molecule has 0 N–H and O–H groups in total. The lowest BCUT2D eigenvalue weighted by molar-refractivity contribution is -0.144. The van der Waals surface area contributed by atoms with Gasteiger partial charge in [0, 0.05) is 13.0 Å². The smallest absolute Gasteiger partial charge is 0.302 e. The predicted molar refractivity (Wildman–Crippen MR) is 92.5 cm³/mol. The van der Waals surface area contributed by atoms with Crippen LogP contribution in [0.1, 0.15) is 50.8 Å². The molecule has 142 valence electrons. The van der Waals surface area contributed by atoms with Crippen LogP contribution in [0.25, 0.3) is 0 Å². The van der Waals surface area contributed by atoms with Gasteiger partial charge in [0.05, 0.1) is 11.1 Å². The SMILES string of the molecule is CC(=O)OC[C@@]12CC[C@@H](c3cc(Oc4c(F)cccc4F)nnc31)C2(C)C. The molecule has 0 amide bonds. The minimum atomic E-state index is -0.800. The normalized spacial score (nSPS) is 24.6. The van der Waals surface area contributed by atoms with Crippen molar-refractivity contribution in [1.29, 1.82) is 0 Å². The van der Waals surface area contributed by atoms with Crippen LogP contribution in [0.4, 0.5) is 8.78 Å². The second-order valence-corrected chi connectivity index (χ2v) is 7.81. The third kappa shape index (κ3) is 2.51. The molecule has 2 aromatic rings. The number of aromatic nitrogens is 2. The summed E-state index contributed by atoms with van der Waals surface area (Å²) in [6.45, 7) is 5.90. The standard InChI is InChI=1S/C20H20F2N2O3/c1-11(25)26-10-20-8-7-13(19(20,2)3)12-9-16(23-24-18(12)20)27-17-14(21)5-4-6-15(17)22/h4-6,9,13H,7-8,10H2,1-3H3/t13-,20-/m0/s1. The Morgan fingerprint density at radius 3 is 2.63 bits per heavy atom. The average Bonchev–Trinajstić information content (AvgIpc) is 2.97. The van der Waals surface area contributed by atoms with Gasteiger partial charge in [-0.1, -0.05) is 19.9 Å². The van der Waals surface area contributed by atoms with E-state index >= 15 is 0 Å². The van der Waals surface area contributed by atoms with E-state index in [1.807, 2.05) is 0 Å². The molecule has 27 heavy (non-hydrogen) atoms. The zero-order chi connectivity index (χ0) is 19.4. The minimum absolute atomic E-state index is 0.0451. The van der Waals surface area contributed by atoms with Gasteiger partial charge in [0.2, 0.25) is 11.6 Å². The first-order valence-corrected chi connectivity index (χ1v) is 8.89. The number of ether oxygens (including phenoxy) is 2. The monoisotopic (exact) mass is 374 g/mol. The van der Waals surface area contributed by atoms with Crippen LogP contribution in [-0.2, 0) is 14.9 Å². The van der Waals surface area contributed by atoms with Gasteiger partial charge >= 0.3 is 5.97 Å². The van der Waals surface area contributed by atoms with Crippen LogP contribution in [0.15, 0.2) is 24.3 Å². The van der Waals surface area contributed by atoms with E-state index in [4.69, 9.17) is 9.47 Å². The van der Waals surface area contributed by atoms with Crippen molar-refractivity contribution in [2.45, 2.75) is 44.9 Å². The molecule has 0 saturated heterocycles. The van der Waals surface area contributed by atoms with Crippen molar-refractivity contribution in [3.8, 4) is 11.6 Å². The zero-order valence-electron chi connectivity index (χ0n) is 15.4. The lowest BCUT2D eigenvalue weighted by atomic mass is 9.69. The molecule has 1 aromatic carbocycles. The van der Waals surface area contributed by atoms with Gasteiger partial charge in [0.25, 0.3) is 0 Å². The zero-order valence-corrected chi connectivity index (χ0v) is 15.4. The van der Waals surface area contributed by atoms with E-state index in [0.717, 1.165) is 36.2 Å². The molecule has 1 heterocycles. The Balaban J connectivity index is 1.72. The van der Waals surface area contributed by atoms with Crippen molar-refractivity contribution in [3.05, 3.63) is 47.2 Å². The van der Waals surface area contributed by atoms with Crippen LogP contribution in [0.5, 0.6) is 11.6 Å². The van der Waals surface area contributed by atoms with Crippen LogP contribution >= 0.6 is 0 Å². The Labute approximate surface area is 155 Å². The lowest BCUT2D eigenvalue weighted by Crippen LogP contribution is -2.40. The number of nitrogens with zero attached hydrogens (tertiary/aromatic N) is 2. The molecular formula is C20H20F2N2O3. The number of carbonyl (C=O) groups excluding carboxylic acids is 1. The number of esters is 1. The van der Waals surface area contributed by atoms with Crippen LogP contribution in [0.3, 0.4) is 0 Å². The predicted octanol–water partition coefficient (Wildman–Crippen LogP) is 4.27. The Morgan fingerprint density at radius 2 is 1.96 bits per heavy atom. The van der Waals surface area contributed by atoms with E-state index in [-0.39, 0.29) is 29.8 Å². The first-order chi connectivity index (χ1) is 12.8. The first kappa shape index (κ1) is 17.8. The number of rotatable bonds is 4. The summed E-state index contributed by atoms with van der Waals surface area (Å²) in [5.74, 6) is -2.20. The summed E-state index contributed by atoms with van der Waals surface area (Å²) in [7, 11) is 0. The molecule has 2 aliphatic rings. The Morgan fingerprint density at radius 1 is 1.26 bits per heavy atom. The molecular weight excluding hydrogens is 354 g/mol. The van der Waals surface area contributed by atoms with E-state index in [1.165, 1.54) is 13.0 Å². The fraction of sp³-hybridized carbons (Fsp3) is 0.450. The topological polar surface area (TPSA) is 61.3 Å². The maximum absolute atomic E-state index is 13.9. The van der Waals surface area contributed by atoms with Crippen molar-refractivity contribution in [2.24, 2.45) is 5.41 Å². The maximum atomic E-state index is 13.9. The molecule has 0 aliphatic heterocycles. The van der Waals surface area contributed by atoms with E-state index in [1.54, 1.807) is 6.07 Å². The average molecular weight is 374 g/mol. The van der Waals surface area contributed by atoms with Crippen LogP contribution in [-0.4, -0.2) is 22.8 Å². The van der Waals surface area contributed by atoms with Crippen molar-refractivity contribution in [3.63, 3.8) is 0 Å². The van der Waals surface area contributed by atoms with Gasteiger partial charge in [-0.25, -0.2) is 8.78 Å². The summed E-state index contributed by atoms with van der Waals surface area (Å²) >= 11 is 0. The van der Waals surface area contributed by atoms with E-state index in [9.17, 15) is 13.6 Å². The van der Waals surface area contributed by atoms with Gasteiger partial charge in [-0.15, -0.1) is 5.10 Å². The Hall–Kier alpha value is -2.57. The molecule has 1 saturated carbocycles. The van der Waals surface area contributed by atoms with E-state index in [0.29, 0.717) is 0 Å². The summed E-state index contributed by atoms with van der Waals surface area (Å²) in [5, 5.41) is 8.37. The van der Waals surface area contributed by atoms with E-state index < -0.39 is 22.8 Å². The Bertz CT molecular complexity index is 911. The molecule has 0 unspecified atom stereocenters. The first-order valence-electron chi connectivity index (χ1n) is 8.89. The van der Waals surface area contributed by atoms with Crippen molar-refractivity contribution in [1.82, 2.24) is 10.2 Å². The van der Waals surface area contributed by atoms with Gasteiger partial charge in [-0.3, -0.25) is 4.79 Å². The van der Waals surface area contributed by atoms with E-state index in [2.05, 4.69) is 24.0 Å². The lowest BCUT2D eigenvalue weighted by Gasteiger charge is -2.36. The quantitative estimate of drug-likeness (QED) is 0.748. The second kappa shape index (κ2) is 5.97. The molecule has 7 heteroatoms. The van der Waals surface area contributed by atoms with Gasteiger partial charge in [0.15, 0.2) is 11.6 Å². The molecule has 0 radical (unpaired) electrons. The van der Waals surface area contributed by atoms with Gasteiger partial charge < -0.3 is 9.47 Å². The number of para-hydroxylation sites is 1. The van der Waals surface area contributed by atoms with Gasteiger partial charge in [-0.2, -0.15) is 5.10 Å². The van der Waals surface area contributed by atoms with Crippen molar-refractivity contribution < 1.29 is 23.0 Å². The van der Waals surface area contributed by atoms with Crippen LogP contribution < -0.4 is 4.74 Å². The molecule has 2 atom stereocenters. The number of fused-ring (bicyclic) bond motifs is 5. The highest BCUT2D eigenvalue weighted by atomic mass is 19.1. The molecule has 5 nitrogen and oxygen atoms in total. The number of hydrogen-bond acceptors (Lipinski definition) is 5. The second-order valence-electron chi connectivity index (χ2n) is 7.81. The highest BCUT2D eigenvalue weighted by Crippen LogP contribution is 2.67. The summed E-state index contributed by atoms with van der Waals surface area (Å²) in [5.41, 5.74) is 1.14. The van der Waals surface area contributed by atoms with Gasteiger partial charge in [0.1, 0.15) is 6.61 Å². The third-order valence-corrected chi connectivity index (χ3v) is 6.24. The van der Waals surface area contributed by atoms with Crippen LogP contribution in [0.2, 0.25) is 0 Å². The van der Waals surface area contributed by atoms with Crippen molar-refractivity contribution >= 4 is 5.97 Å². The Kier molecular flexibility index (Phi) is 3.94. The fourth-order valence-electron chi connectivity index (χ4n) is 4.69. The molecule has 1 aromatic heterocycles. The van der Waals surface area contributed by atoms with Crippen LogP contribution in [0, 0.1) is 17.0 Å². The highest BCUT2D eigenvalue weighted by molar-refractivity contribution is 5.66. The minimum Gasteiger partial charge on any atom is -0.465 e. The molecule has 2 aliphatic carbocycles. The molecule has 1 fully saturated rings. The number of carbonyl (C=O) groups is 1. The fourth-order valence-corrected chi connectivity index (χ4v) is 4.69. The number of hydrogen-bond donors (Lipinski definition) is 0. The van der Waals surface area contributed by atoms with Crippen molar-refractivity contribution in [2.75, 3.05) is 6.61 Å². The maximum Gasteiger partial charge on any atom is 0.302 e. The summed E-state index contributed by atoms with van der Waals surface area (Å²) < 4.78 is 38.4. The molecule has 2 bridgehead atoms. The number of halogens is 2. The molecule has 4 rings (SSSR count). The highest BCUT2D eigenvalue weighted by Gasteiger charge is 2.64.